The van der Waals surface area contributed by atoms with E-state index in [0.29, 0.717) is 5.56 Å². The van der Waals surface area contributed by atoms with Crippen LogP contribution in [0.4, 0.5) is 17.1 Å². The molecule has 28 heavy (non-hydrogen) atoms. The zero-order chi connectivity index (χ0) is 20.0. The summed E-state index contributed by atoms with van der Waals surface area (Å²) in [7, 11) is 0. The highest BCUT2D eigenvalue weighted by molar-refractivity contribution is 6.32. The van der Waals surface area contributed by atoms with Crippen molar-refractivity contribution in [3.8, 4) is 0 Å². The molecule has 0 radical (unpaired) electrons. The van der Waals surface area contributed by atoms with E-state index >= 15 is 0 Å². The molecule has 0 N–H and O–H groups in total. The molecule has 0 spiro atoms. The zero-order valence-corrected chi connectivity index (χ0v) is 13.9. The predicted molar refractivity (Wildman–Crippen MR) is 93.6 cm³/mol. The molecular weight excluding hydrogens is 372 g/mol. The van der Waals surface area contributed by atoms with Crippen LogP contribution in [0.1, 0.15) is 5.56 Å². The molecule has 0 aliphatic carbocycles. The summed E-state index contributed by atoms with van der Waals surface area (Å²) in [5.41, 5.74) is 0.215. The molecule has 140 valence electrons. The Morgan fingerprint density at radius 2 is 1.61 bits per heavy atom. The van der Waals surface area contributed by atoms with E-state index in [4.69, 9.17) is 4.84 Å². The van der Waals surface area contributed by atoms with Gasteiger partial charge in [-0.05, 0) is 12.1 Å². The third-order valence-electron chi connectivity index (χ3n) is 4.48. The van der Waals surface area contributed by atoms with E-state index in [2.05, 4.69) is 5.16 Å². The van der Waals surface area contributed by atoms with Gasteiger partial charge in [-0.2, -0.15) is 0 Å². The number of hydrogen-bond donors (Lipinski definition) is 0. The Morgan fingerprint density at radius 3 is 2.25 bits per heavy atom. The number of benzene rings is 2. The van der Waals surface area contributed by atoms with Crippen LogP contribution >= 0.6 is 0 Å². The van der Waals surface area contributed by atoms with Gasteiger partial charge in [0.15, 0.2) is 0 Å². The average molecular weight is 382 g/mol. The lowest BCUT2D eigenvalue weighted by Gasteiger charge is -2.15. The van der Waals surface area contributed by atoms with E-state index in [-0.39, 0.29) is 22.8 Å². The van der Waals surface area contributed by atoms with Gasteiger partial charge in [-0.25, -0.2) is 4.90 Å². The summed E-state index contributed by atoms with van der Waals surface area (Å²) < 4.78 is 0. The number of imide groups is 1. The summed E-state index contributed by atoms with van der Waals surface area (Å²) in [5, 5.41) is 25.5. The van der Waals surface area contributed by atoms with Crippen LogP contribution in [0.3, 0.4) is 0 Å². The minimum atomic E-state index is -1.18. The van der Waals surface area contributed by atoms with E-state index in [9.17, 15) is 29.8 Å². The number of amides is 2. The number of rotatable bonds is 4. The standard InChI is InChI=1S/C17H10N4O7/c22-16-13-14(9-2-1-3-12(8-9)21(26)27)18-28-15(13)17(23)19(16)10-4-6-11(7-5-10)20(24)25/h1-8,13,15H. The molecule has 11 heteroatoms. The van der Waals surface area contributed by atoms with Gasteiger partial charge in [-0.3, -0.25) is 29.8 Å². The lowest BCUT2D eigenvalue weighted by molar-refractivity contribution is -0.385. The molecule has 2 aliphatic rings. The highest BCUT2D eigenvalue weighted by Gasteiger charge is 2.56. The molecular formula is C17H10N4O7. The van der Waals surface area contributed by atoms with Crippen LogP contribution in [0.15, 0.2) is 53.7 Å². The summed E-state index contributed by atoms with van der Waals surface area (Å²) in [5.74, 6) is -2.33. The van der Waals surface area contributed by atoms with Crippen molar-refractivity contribution in [2.24, 2.45) is 11.1 Å². The van der Waals surface area contributed by atoms with Crippen LogP contribution in [0, 0.1) is 26.1 Å². The topological polar surface area (TPSA) is 145 Å². The Labute approximate surface area is 156 Å². The van der Waals surface area contributed by atoms with Crippen molar-refractivity contribution in [3.05, 3.63) is 74.3 Å². The maximum Gasteiger partial charge on any atom is 0.278 e. The molecule has 1 fully saturated rings. The van der Waals surface area contributed by atoms with Crippen molar-refractivity contribution in [1.82, 2.24) is 0 Å². The van der Waals surface area contributed by atoms with Gasteiger partial charge in [0.05, 0.1) is 15.5 Å². The Hall–Kier alpha value is -4.15. The SMILES string of the molecule is O=C1C2ON=C(c3cccc([N+](=O)[O-])c3)C2C(=O)N1c1ccc([N+](=O)[O-])cc1. The van der Waals surface area contributed by atoms with Gasteiger partial charge in [0, 0.05) is 29.8 Å². The average Bonchev–Trinajstić information content (AvgIpc) is 3.22. The molecule has 4 rings (SSSR count). The monoisotopic (exact) mass is 382 g/mol. The quantitative estimate of drug-likeness (QED) is 0.445. The van der Waals surface area contributed by atoms with Crippen molar-refractivity contribution in [3.63, 3.8) is 0 Å². The lowest BCUT2D eigenvalue weighted by atomic mass is 9.94. The molecule has 2 aliphatic heterocycles. The summed E-state index contributed by atoms with van der Waals surface area (Å²) in [6, 6.07) is 10.5. The summed E-state index contributed by atoms with van der Waals surface area (Å²) in [4.78, 5) is 52.1. The second-order valence-corrected chi connectivity index (χ2v) is 6.07. The van der Waals surface area contributed by atoms with Crippen molar-refractivity contribution >= 4 is 34.6 Å². The van der Waals surface area contributed by atoms with Gasteiger partial charge in [-0.1, -0.05) is 17.3 Å². The molecule has 2 unspecified atom stereocenters. The van der Waals surface area contributed by atoms with Crippen LogP contribution in [0.25, 0.3) is 0 Å². The third kappa shape index (κ3) is 2.57. The highest BCUT2D eigenvalue weighted by atomic mass is 16.7. The fourth-order valence-electron chi connectivity index (χ4n) is 3.17. The van der Waals surface area contributed by atoms with Crippen molar-refractivity contribution in [2.75, 3.05) is 4.90 Å². The first kappa shape index (κ1) is 17.3. The van der Waals surface area contributed by atoms with Gasteiger partial charge in [0.25, 0.3) is 17.3 Å². The fourth-order valence-corrected chi connectivity index (χ4v) is 3.17. The van der Waals surface area contributed by atoms with Crippen molar-refractivity contribution in [1.29, 1.82) is 0 Å². The van der Waals surface area contributed by atoms with E-state index in [1.807, 2.05) is 0 Å². The van der Waals surface area contributed by atoms with Crippen LogP contribution in [-0.2, 0) is 14.4 Å². The zero-order valence-electron chi connectivity index (χ0n) is 13.9. The van der Waals surface area contributed by atoms with Crippen LogP contribution in [0.2, 0.25) is 0 Å². The summed E-state index contributed by atoms with van der Waals surface area (Å²) in [6.45, 7) is 0. The molecule has 2 aromatic carbocycles. The molecule has 1 saturated heterocycles. The van der Waals surface area contributed by atoms with Crippen molar-refractivity contribution in [2.45, 2.75) is 6.10 Å². The molecule has 0 saturated carbocycles. The van der Waals surface area contributed by atoms with E-state index < -0.39 is 33.7 Å². The molecule has 11 nitrogen and oxygen atoms in total. The highest BCUT2D eigenvalue weighted by Crippen LogP contribution is 2.36. The number of nitro groups is 2. The number of anilines is 1. The second-order valence-electron chi connectivity index (χ2n) is 6.07. The summed E-state index contributed by atoms with van der Waals surface area (Å²) >= 11 is 0. The first-order chi connectivity index (χ1) is 13.4. The lowest BCUT2D eigenvalue weighted by Crippen LogP contribution is -2.33. The molecule has 0 bridgehead atoms. The second kappa shape index (κ2) is 6.23. The van der Waals surface area contributed by atoms with Crippen molar-refractivity contribution < 1.29 is 24.3 Å². The predicted octanol–water partition coefficient (Wildman–Crippen LogP) is 1.80. The maximum atomic E-state index is 12.9. The Bertz CT molecular complexity index is 1060. The Balaban J connectivity index is 1.67. The Kier molecular flexibility index (Phi) is 3.84. The first-order valence-electron chi connectivity index (χ1n) is 7.99. The maximum absolute atomic E-state index is 12.9. The minimum Gasteiger partial charge on any atom is -0.381 e. The van der Waals surface area contributed by atoms with Crippen LogP contribution < -0.4 is 4.90 Å². The number of non-ortho nitro benzene ring substituents is 2. The number of carbonyl (C=O) groups excluding carboxylic acids is 2. The normalized spacial score (nSPS) is 20.6. The number of nitro benzene ring substituents is 2. The van der Waals surface area contributed by atoms with Gasteiger partial charge < -0.3 is 4.84 Å². The van der Waals surface area contributed by atoms with E-state index in [1.165, 1.54) is 48.5 Å². The number of oxime groups is 1. The first-order valence-corrected chi connectivity index (χ1v) is 7.99. The van der Waals surface area contributed by atoms with Gasteiger partial charge in [0.1, 0.15) is 11.6 Å². The van der Waals surface area contributed by atoms with Crippen LogP contribution in [-0.4, -0.2) is 33.5 Å². The van der Waals surface area contributed by atoms with Gasteiger partial charge in [-0.15, -0.1) is 0 Å². The van der Waals surface area contributed by atoms with E-state index in [0.717, 1.165) is 4.90 Å². The minimum absolute atomic E-state index is 0.122. The van der Waals surface area contributed by atoms with Crippen LogP contribution in [0.5, 0.6) is 0 Å². The molecule has 0 aromatic heterocycles. The van der Waals surface area contributed by atoms with Gasteiger partial charge >= 0.3 is 0 Å². The van der Waals surface area contributed by atoms with E-state index in [1.54, 1.807) is 0 Å². The molecule has 2 aromatic rings. The fraction of sp³-hybridized carbons (Fsp3) is 0.118. The van der Waals surface area contributed by atoms with Gasteiger partial charge in [0.2, 0.25) is 12.0 Å². The largest absolute Gasteiger partial charge is 0.381 e. The number of hydrogen-bond acceptors (Lipinski definition) is 8. The number of carbonyl (C=O) groups is 2. The molecule has 2 amide bonds. The molecule has 2 heterocycles. The smallest absolute Gasteiger partial charge is 0.278 e. The number of nitrogens with zero attached hydrogens (tertiary/aromatic N) is 4. The Morgan fingerprint density at radius 1 is 0.929 bits per heavy atom. The third-order valence-corrected chi connectivity index (χ3v) is 4.48. The molecule has 2 atom stereocenters. The summed E-state index contributed by atoms with van der Waals surface area (Å²) in [6.07, 6.45) is -1.18. The number of fused-ring (bicyclic) bond motifs is 1.